The quantitative estimate of drug-likeness (QED) is 0.788. The van der Waals surface area contributed by atoms with Crippen LogP contribution in [0.2, 0.25) is 0 Å². The van der Waals surface area contributed by atoms with Crippen molar-refractivity contribution >= 4 is 5.91 Å². The molecule has 0 spiro atoms. The minimum atomic E-state index is 0.0973. The highest BCUT2D eigenvalue weighted by atomic mass is 16.2. The van der Waals surface area contributed by atoms with Gasteiger partial charge in [0.15, 0.2) is 0 Å². The average molecular weight is 285 g/mol. The SMILES string of the molecule is CC1CN(C(=O)c2ccc(C#CCN)cc2)CC(C)N1C. The third-order valence-corrected chi connectivity index (χ3v) is 4.11. The van der Waals surface area contributed by atoms with Gasteiger partial charge in [-0.2, -0.15) is 0 Å². The first-order valence-corrected chi connectivity index (χ1v) is 7.33. The minimum Gasteiger partial charge on any atom is -0.336 e. The van der Waals surface area contributed by atoms with E-state index in [2.05, 4.69) is 37.6 Å². The molecule has 4 heteroatoms. The van der Waals surface area contributed by atoms with Crippen molar-refractivity contribution in [3.63, 3.8) is 0 Å². The molecule has 0 bridgehead atoms. The van der Waals surface area contributed by atoms with E-state index in [-0.39, 0.29) is 5.91 Å². The number of nitrogens with zero attached hydrogens (tertiary/aromatic N) is 2. The predicted octanol–water partition coefficient (Wildman–Crippen LogP) is 1.16. The maximum absolute atomic E-state index is 12.6. The molecule has 1 amide bonds. The molecule has 1 aliphatic rings. The molecule has 0 aromatic heterocycles. The van der Waals surface area contributed by atoms with Crippen LogP contribution in [0, 0.1) is 11.8 Å². The lowest BCUT2D eigenvalue weighted by Gasteiger charge is -2.42. The highest BCUT2D eigenvalue weighted by molar-refractivity contribution is 5.94. The van der Waals surface area contributed by atoms with E-state index >= 15 is 0 Å². The van der Waals surface area contributed by atoms with Crippen LogP contribution in [-0.4, -0.2) is 54.5 Å². The number of hydrogen-bond acceptors (Lipinski definition) is 3. The monoisotopic (exact) mass is 285 g/mol. The summed E-state index contributed by atoms with van der Waals surface area (Å²) in [6.45, 7) is 6.20. The number of piperazine rings is 1. The first kappa shape index (κ1) is 15.6. The second kappa shape index (κ2) is 6.75. The van der Waals surface area contributed by atoms with Crippen molar-refractivity contribution in [2.75, 3.05) is 26.7 Å². The van der Waals surface area contributed by atoms with Crippen molar-refractivity contribution in [2.45, 2.75) is 25.9 Å². The van der Waals surface area contributed by atoms with Crippen LogP contribution in [0.5, 0.6) is 0 Å². The molecule has 4 nitrogen and oxygen atoms in total. The molecule has 2 rings (SSSR count). The largest absolute Gasteiger partial charge is 0.336 e. The summed E-state index contributed by atoms with van der Waals surface area (Å²) < 4.78 is 0. The number of nitrogens with two attached hydrogens (primary N) is 1. The second-order valence-corrected chi connectivity index (χ2v) is 5.66. The van der Waals surface area contributed by atoms with Crippen molar-refractivity contribution < 1.29 is 4.79 Å². The van der Waals surface area contributed by atoms with Gasteiger partial charge in [-0.05, 0) is 45.2 Å². The van der Waals surface area contributed by atoms with Gasteiger partial charge in [0.2, 0.25) is 0 Å². The first-order chi connectivity index (χ1) is 10.0. The molecular weight excluding hydrogens is 262 g/mol. The Morgan fingerprint density at radius 3 is 2.33 bits per heavy atom. The molecular formula is C17H23N3O. The summed E-state index contributed by atoms with van der Waals surface area (Å²) in [6.07, 6.45) is 0. The molecule has 1 saturated heterocycles. The van der Waals surface area contributed by atoms with Crippen molar-refractivity contribution in [1.29, 1.82) is 0 Å². The fourth-order valence-electron chi connectivity index (χ4n) is 2.60. The Hall–Kier alpha value is -1.83. The van der Waals surface area contributed by atoms with E-state index in [1.54, 1.807) is 0 Å². The fraction of sp³-hybridized carbons (Fsp3) is 0.471. The second-order valence-electron chi connectivity index (χ2n) is 5.66. The number of amides is 1. The van der Waals surface area contributed by atoms with Gasteiger partial charge in [-0.3, -0.25) is 9.69 Å². The van der Waals surface area contributed by atoms with Crippen LogP contribution < -0.4 is 5.73 Å². The van der Waals surface area contributed by atoms with E-state index in [0.29, 0.717) is 18.6 Å². The van der Waals surface area contributed by atoms with Crippen molar-refractivity contribution in [3.05, 3.63) is 35.4 Å². The Kier molecular flexibility index (Phi) is 5.00. The average Bonchev–Trinajstić information content (AvgIpc) is 2.50. The molecule has 1 fully saturated rings. The van der Waals surface area contributed by atoms with Crippen molar-refractivity contribution in [1.82, 2.24) is 9.80 Å². The Bertz CT molecular complexity index is 544. The highest BCUT2D eigenvalue weighted by Crippen LogP contribution is 2.16. The Balaban J connectivity index is 2.09. The maximum atomic E-state index is 12.6. The topological polar surface area (TPSA) is 49.6 Å². The summed E-state index contributed by atoms with van der Waals surface area (Å²) in [4.78, 5) is 16.8. The smallest absolute Gasteiger partial charge is 0.253 e. The van der Waals surface area contributed by atoms with Gasteiger partial charge < -0.3 is 10.6 Å². The molecule has 1 aliphatic heterocycles. The third kappa shape index (κ3) is 3.63. The van der Waals surface area contributed by atoms with Gasteiger partial charge >= 0.3 is 0 Å². The predicted molar refractivity (Wildman–Crippen MR) is 85.0 cm³/mol. The van der Waals surface area contributed by atoms with Crippen molar-refractivity contribution in [3.8, 4) is 11.8 Å². The lowest BCUT2D eigenvalue weighted by molar-refractivity contribution is 0.0414. The zero-order valence-electron chi connectivity index (χ0n) is 13.0. The molecule has 2 atom stereocenters. The van der Waals surface area contributed by atoms with Gasteiger partial charge in [-0.1, -0.05) is 11.8 Å². The number of hydrogen-bond donors (Lipinski definition) is 1. The van der Waals surface area contributed by atoms with Crippen LogP contribution >= 0.6 is 0 Å². The fourth-order valence-corrected chi connectivity index (χ4v) is 2.60. The molecule has 0 saturated carbocycles. The molecule has 21 heavy (non-hydrogen) atoms. The van der Waals surface area contributed by atoms with E-state index in [1.807, 2.05) is 29.2 Å². The van der Waals surface area contributed by atoms with E-state index in [4.69, 9.17) is 5.73 Å². The Morgan fingerprint density at radius 1 is 1.24 bits per heavy atom. The summed E-state index contributed by atoms with van der Waals surface area (Å²) in [5.74, 6) is 5.87. The number of benzene rings is 1. The Labute approximate surface area is 126 Å². The van der Waals surface area contributed by atoms with Gasteiger partial charge in [0.1, 0.15) is 0 Å². The van der Waals surface area contributed by atoms with Gasteiger partial charge in [-0.25, -0.2) is 0 Å². The molecule has 0 aliphatic carbocycles. The normalized spacial score (nSPS) is 22.6. The molecule has 2 N–H and O–H groups in total. The van der Waals surface area contributed by atoms with E-state index < -0.39 is 0 Å². The zero-order chi connectivity index (χ0) is 15.4. The van der Waals surface area contributed by atoms with E-state index in [1.165, 1.54) is 0 Å². The molecule has 0 radical (unpaired) electrons. The summed E-state index contributed by atoms with van der Waals surface area (Å²) in [5.41, 5.74) is 6.96. The Morgan fingerprint density at radius 2 is 1.81 bits per heavy atom. The molecule has 2 unspecified atom stereocenters. The van der Waals surface area contributed by atoms with Crippen LogP contribution in [0.15, 0.2) is 24.3 Å². The third-order valence-electron chi connectivity index (χ3n) is 4.11. The summed E-state index contributed by atoms with van der Waals surface area (Å²) >= 11 is 0. The number of likely N-dealkylation sites (N-methyl/N-ethyl adjacent to an activating group) is 1. The summed E-state index contributed by atoms with van der Waals surface area (Å²) in [5, 5.41) is 0. The lowest BCUT2D eigenvalue weighted by Crippen LogP contribution is -2.56. The minimum absolute atomic E-state index is 0.0973. The van der Waals surface area contributed by atoms with Crippen LogP contribution in [-0.2, 0) is 0 Å². The van der Waals surface area contributed by atoms with Crippen molar-refractivity contribution in [2.24, 2.45) is 5.73 Å². The van der Waals surface area contributed by atoms with E-state index in [9.17, 15) is 4.79 Å². The number of carbonyl (C=O) groups excluding carboxylic acids is 1. The standard InChI is InChI=1S/C17H23N3O/c1-13-11-20(12-14(2)19(13)3)17(21)16-8-6-15(7-9-16)5-4-10-18/h6-9,13-14H,10-12,18H2,1-3H3. The number of rotatable bonds is 1. The van der Waals surface area contributed by atoms with Gasteiger partial charge in [0.25, 0.3) is 5.91 Å². The zero-order valence-corrected chi connectivity index (χ0v) is 13.0. The highest BCUT2D eigenvalue weighted by Gasteiger charge is 2.29. The maximum Gasteiger partial charge on any atom is 0.253 e. The van der Waals surface area contributed by atoms with Gasteiger partial charge in [-0.15, -0.1) is 0 Å². The van der Waals surface area contributed by atoms with Crippen LogP contribution in [0.25, 0.3) is 0 Å². The molecule has 1 heterocycles. The van der Waals surface area contributed by atoms with E-state index in [0.717, 1.165) is 24.2 Å². The molecule has 1 aromatic carbocycles. The van der Waals surface area contributed by atoms with Gasteiger partial charge in [0.05, 0.1) is 6.54 Å². The van der Waals surface area contributed by atoms with Gasteiger partial charge in [0, 0.05) is 36.3 Å². The summed E-state index contributed by atoms with van der Waals surface area (Å²) in [7, 11) is 2.11. The first-order valence-electron chi connectivity index (χ1n) is 7.33. The van der Waals surface area contributed by atoms with Crippen LogP contribution in [0.4, 0.5) is 0 Å². The van der Waals surface area contributed by atoms with Crippen LogP contribution in [0.3, 0.4) is 0 Å². The lowest BCUT2D eigenvalue weighted by atomic mass is 10.1. The summed E-state index contributed by atoms with van der Waals surface area (Å²) in [6, 6.07) is 8.20. The van der Waals surface area contributed by atoms with Crippen LogP contribution in [0.1, 0.15) is 29.8 Å². The number of carbonyl (C=O) groups is 1. The molecule has 1 aromatic rings. The molecule has 112 valence electrons.